The molecule has 0 bridgehead atoms. The zero-order valence-corrected chi connectivity index (χ0v) is 13.6. The molecule has 0 saturated heterocycles. The van der Waals surface area contributed by atoms with E-state index in [0.29, 0.717) is 24.6 Å². The molecule has 0 unspecified atom stereocenters. The van der Waals surface area contributed by atoms with Crippen LogP contribution in [0.2, 0.25) is 0 Å². The number of nitrogens with two attached hydrogens (primary N) is 1. The molecule has 0 aliphatic rings. The molecule has 1 heterocycles. The lowest BCUT2D eigenvalue weighted by Gasteiger charge is -2.10. The highest BCUT2D eigenvalue weighted by atomic mass is 16.5. The standard InChI is InChI=1S/C20H20N2O2/c1-15-4-6-17(7-5-15)14-24-19-3-2-12-22(20(19)23)13-16-8-10-18(21)11-9-16/h2-12H,13-14,21H2,1H3. The maximum Gasteiger partial charge on any atom is 0.293 e. The van der Waals surface area contributed by atoms with E-state index in [9.17, 15) is 4.79 Å². The molecule has 0 spiro atoms. The van der Waals surface area contributed by atoms with Crippen LogP contribution < -0.4 is 16.0 Å². The summed E-state index contributed by atoms with van der Waals surface area (Å²) in [6.45, 7) is 2.90. The van der Waals surface area contributed by atoms with Crippen LogP contribution in [-0.4, -0.2) is 4.57 Å². The lowest BCUT2D eigenvalue weighted by Crippen LogP contribution is -2.21. The Morgan fingerprint density at radius 2 is 1.62 bits per heavy atom. The second-order valence-corrected chi connectivity index (χ2v) is 5.82. The summed E-state index contributed by atoms with van der Waals surface area (Å²) in [5.41, 5.74) is 9.51. The number of aryl methyl sites for hydroxylation is 1. The van der Waals surface area contributed by atoms with Crippen molar-refractivity contribution in [1.29, 1.82) is 0 Å². The molecule has 3 aromatic rings. The van der Waals surface area contributed by atoms with Gasteiger partial charge in [0.2, 0.25) is 0 Å². The molecule has 2 N–H and O–H groups in total. The van der Waals surface area contributed by atoms with Crippen LogP contribution in [0.3, 0.4) is 0 Å². The summed E-state index contributed by atoms with van der Waals surface area (Å²) >= 11 is 0. The van der Waals surface area contributed by atoms with Crippen molar-refractivity contribution in [3.8, 4) is 5.75 Å². The molecule has 0 fully saturated rings. The van der Waals surface area contributed by atoms with Gasteiger partial charge < -0.3 is 15.0 Å². The third kappa shape index (κ3) is 3.84. The van der Waals surface area contributed by atoms with Crippen LogP contribution in [0.5, 0.6) is 5.75 Å². The van der Waals surface area contributed by atoms with Gasteiger partial charge in [0.05, 0.1) is 6.54 Å². The van der Waals surface area contributed by atoms with Gasteiger partial charge in [-0.3, -0.25) is 4.79 Å². The van der Waals surface area contributed by atoms with Gasteiger partial charge in [-0.15, -0.1) is 0 Å². The highest BCUT2D eigenvalue weighted by molar-refractivity contribution is 5.39. The van der Waals surface area contributed by atoms with Gasteiger partial charge in [0.25, 0.3) is 5.56 Å². The number of nitrogens with zero attached hydrogens (tertiary/aromatic N) is 1. The van der Waals surface area contributed by atoms with Crippen LogP contribution >= 0.6 is 0 Å². The lowest BCUT2D eigenvalue weighted by molar-refractivity contribution is 0.299. The summed E-state index contributed by atoms with van der Waals surface area (Å²) in [6.07, 6.45) is 1.76. The van der Waals surface area contributed by atoms with Crippen molar-refractivity contribution in [3.05, 3.63) is 93.9 Å². The zero-order chi connectivity index (χ0) is 16.9. The van der Waals surface area contributed by atoms with Gasteiger partial charge >= 0.3 is 0 Å². The number of benzene rings is 2. The van der Waals surface area contributed by atoms with Crippen molar-refractivity contribution >= 4 is 5.69 Å². The SMILES string of the molecule is Cc1ccc(COc2cccn(Cc3ccc(N)cc3)c2=O)cc1. The highest BCUT2D eigenvalue weighted by Crippen LogP contribution is 2.10. The van der Waals surface area contributed by atoms with E-state index in [2.05, 4.69) is 0 Å². The second-order valence-electron chi connectivity index (χ2n) is 5.82. The molecule has 2 aromatic carbocycles. The normalized spacial score (nSPS) is 10.5. The first-order valence-electron chi connectivity index (χ1n) is 7.84. The monoisotopic (exact) mass is 320 g/mol. The minimum atomic E-state index is -0.138. The van der Waals surface area contributed by atoms with Crippen LogP contribution in [0, 0.1) is 6.92 Å². The first-order chi connectivity index (χ1) is 11.6. The van der Waals surface area contributed by atoms with Crippen LogP contribution in [0.15, 0.2) is 71.7 Å². The molecule has 122 valence electrons. The number of hydrogen-bond donors (Lipinski definition) is 1. The van der Waals surface area contributed by atoms with Crippen LogP contribution in [-0.2, 0) is 13.2 Å². The van der Waals surface area contributed by atoms with Gasteiger partial charge in [-0.05, 0) is 42.3 Å². The van der Waals surface area contributed by atoms with Gasteiger partial charge in [0, 0.05) is 11.9 Å². The van der Waals surface area contributed by atoms with E-state index in [1.165, 1.54) is 5.56 Å². The summed E-state index contributed by atoms with van der Waals surface area (Å²) in [5, 5.41) is 0. The third-order valence-electron chi connectivity index (χ3n) is 3.83. The molecular weight excluding hydrogens is 300 g/mol. The van der Waals surface area contributed by atoms with Gasteiger partial charge in [-0.25, -0.2) is 0 Å². The van der Waals surface area contributed by atoms with Crippen molar-refractivity contribution in [2.45, 2.75) is 20.1 Å². The van der Waals surface area contributed by atoms with Crippen LogP contribution in [0.1, 0.15) is 16.7 Å². The van der Waals surface area contributed by atoms with E-state index >= 15 is 0 Å². The molecule has 4 heteroatoms. The number of rotatable bonds is 5. The van der Waals surface area contributed by atoms with Gasteiger partial charge in [0.1, 0.15) is 6.61 Å². The quantitative estimate of drug-likeness (QED) is 0.733. The van der Waals surface area contributed by atoms with Gasteiger partial charge in [0.15, 0.2) is 5.75 Å². The minimum absolute atomic E-state index is 0.138. The molecule has 3 rings (SSSR count). The third-order valence-corrected chi connectivity index (χ3v) is 3.83. The maximum absolute atomic E-state index is 12.5. The summed E-state index contributed by atoms with van der Waals surface area (Å²) in [5.74, 6) is 0.355. The molecule has 0 aliphatic heterocycles. The van der Waals surface area contributed by atoms with Crippen molar-refractivity contribution in [2.24, 2.45) is 0 Å². The molecule has 0 saturated carbocycles. The second kappa shape index (κ2) is 7.04. The molecule has 1 aromatic heterocycles. The Kier molecular flexibility index (Phi) is 4.66. The molecule has 0 amide bonds. The average Bonchev–Trinajstić information content (AvgIpc) is 2.59. The molecule has 0 atom stereocenters. The lowest BCUT2D eigenvalue weighted by atomic mass is 10.2. The average molecular weight is 320 g/mol. The van der Waals surface area contributed by atoms with E-state index in [-0.39, 0.29) is 5.56 Å². The summed E-state index contributed by atoms with van der Waals surface area (Å²) in [6, 6.07) is 19.1. The Balaban J connectivity index is 1.74. The number of pyridine rings is 1. The van der Waals surface area contributed by atoms with E-state index in [4.69, 9.17) is 10.5 Å². The van der Waals surface area contributed by atoms with Crippen molar-refractivity contribution in [3.63, 3.8) is 0 Å². The van der Waals surface area contributed by atoms with Crippen molar-refractivity contribution < 1.29 is 4.74 Å². The summed E-state index contributed by atoms with van der Waals surface area (Å²) < 4.78 is 7.34. The van der Waals surface area contributed by atoms with Crippen molar-refractivity contribution in [1.82, 2.24) is 4.57 Å². The van der Waals surface area contributed by atoms with Gasteiger partial charge in [-0.2, -0.15) is 0 Å². The van der Waals surface area contributed by atoms with Crippen molar-refractivity contribution in [2.75, 3.05) is 5.73 Å². The predicted octanol–water partition coefficient (Wildman–Crippen LogP) is 3.37. The highest BCUT2D eigenvalue weighted by Gasteiger charge is 2.05. The van der Waals surface area contributed by atoms with E-state index < -0.39 is 0 Å². The fourth-order valence-electron chi connectivity index (χ4n) is 2.41. The number of ether oxygens (including phenoxy) is 1. The molecule has 24 heavy (non-hydrogen) atoms. The Hall–Kier alpha value is -3.01. The van der Waals surface area contributed by atoms with E-state index in [0.717, 1.165) is 11.1 Å². The van der Waals surface area contributed by atoms with E-state index in [1.54, 1.807) is 16.8 Å². The molecule has 0 radical (unpaired) electrons. The fourth-order valence-corrected chi connectivity index (χ4v) is 2.41. The number of nitrogen functional groups attached to an aromatic ring is 1. The first-order valence-corrected chi connectivity index (χ1v) is 7.84. The minimum Gasteiger partial charge on any atom is -0.483 e. The molecule has 4 nitrogen and oxygen atoms in total. The Morgan fingerprint density at radius 1 is 0.958 bits per heavy atom. The first kappa shape index (κ1) is 15.9. The summed E-state index contributed by atoms with van der Waals surface area (Å²) in [4.78, 5) is 12.5. The Bertz CT molecular complexity index is 865. The van der Waals surface area contributed by atoms with Crippen LogP contribution in [0.4, 0.5) is 5.69 Å². The molecular formula is C20H20N2O2. The topological polar surface area (TPSA) is 57.2 Å². The van der Waals surface area contributed by atoms with Gasteiger partial charge in [-0.1, -0.05) is 42.0 Å². The fraction of sp³-hybridized carbons (Fsp3) is 0.150. The number of aromatic nitrogens is 1. The molecule has 0 aliphatic carbocycles. The van der Waals surface area contributed by atoms with Crippen LogP contribution in [0.25, 0.3) is 0 Å². The zero-order valence-electron chi connectivity index (χ0n) is 13.6. The Morgan fingerprint density at radius 3 is 2.33 bits per heavy atom. The predicted molar refractivity (Wildman–Crippen MR) is 96.2 cm³/mol. The van der Waals surface area contributed by atoms with E-state index in [1.807, 2.05) is 61.5 Å². The number of hydrogen-bond acceptors (Lipinski definition) is 3. The summed E-state index contributed by atoms with van der Waals surface area (Å²) in [7, 11) is 0. The maximum atomic E-state index is 12.5. The number of anilines is 1. The smallest absolute Gasteiger partial charge is 0.293 e. The Labute approximate surface area is 141 Å². The largest absolute Gasteiger partial charge is 0.483 e.